The molecule has 2 aliphatic heterocycles. The standard InChI is InChI=1S/C66H51N6O16.Zn/c1-79-53(73)31-85-49-27-37(65(77)83-5)28-50(86-32-54(74)80-2)61(49)59-45-21-17-41(69-45)57(39-15-7-11-35-13-9-25-67-63(35)39)43-19-23-47(71-43)60(62-51(87-33-55(75)81-3)29-38(66(78)84-6)30-52(62)88-34-56(76)82-4)48-24-20-44(72-48)58(42-18-22-46(59)70-42)40-16-8-12-36-14-10-26-68-64(36)40;/h7-30H,31-34H2,1-6H3,(H-,69,70,71,72,77,78);/q-1;+2/p-1. The van der Waals surface area contributed by atoms with Crippen molar-refractivity contribution < 1.29 is 95.6 Å². The van der Waals surface area contributed by atoms with Crippen molar-refractivity contribution in [3.05, 3.63) is 155 Å². The summed E-state index contributed by atoms with van der Waals surface area (Å²) in [5.41, 5.74) is 6.26. The molecule has 23 heteroatoms. The Labute approximate surface area is 519 Å². The molecule has 2 aliphatic rings. The number of fused-ring (bicyclic) bond motifs is 10. The van der Waals surface area contributed by atoms with Crippen LogP contribution in [0.1, 0.15) is 43.5 Å². The van der Waals surface area contributed by atoms with Gasteiger partial charge in [0, 0.05) is 45.4 Å². The van der Waals surface area contributed by atoms with Gasteiger partial charge in [0.1, 0.15) is 23.0 Å². The first kappa shape index (κ1) is 61.0. The first-order valence-corrected chi connectivity index (χ1v) is 26.9. The minimum absolute atomic E-state index is 0. The van der Waals surface area contributed by atoms with Crippen molar-refractivity contribution in [2.24, 2.45) is 0 Å². The largest absolute Gasteiger partial charge is 2.00 e. The Balaban J connectivity index is 0.00000873. The van der Waals surface area contributed by atoms with Crippen molar-refractivity contribution in [2.45, 2.75) is 0 Å². The van der Waals surface area contributed by atoms with Crippen molar-refractivity contribution >= 4 is 104 Å². The fourth-order valence-corrected chi connectivity index (χ4v) is 10.1. The number of nitrogens with zero attached hydrogens (tertiary/aromatic N) is 6. The first-order chi connectivity index (χ1) is 42.8. The molecule has 0 unspecified atom stereocenters. The third kappa shape index (κ3) is 12.4. The second-order valence-electron chi connectivity index (χ2n) is 19.3. The van der Waals surface area contributed by atoms with E-state index in [9.17, 15) is 28.8 Å². The molecule has 0 radical (unpaired) electrons. The van der Waals surface area contributed by atoms with E-state index in [0.29, 0.717) is 55.7 Å². The van der Waals surface area contributed by atoms with Crippen LogP contribution >= 0.6 is 0 Å². The number of methoxy groups -OCH3 is 6. The van der Waals surface area contributed by atoms with Crippen molar-refractivity contribution in [1.82, 2.24) is 29.9 Å². The van der Waals surface area contributed by atoms with E-state index in [-0.39, 0.29) is 98.3 Å². The normalized spacial score (nSPS) is 11.3. The zero-order valence-corrected chi connectivity index (χ0v) is 51.6. The number of rotatable bonds is 18. The van der Waals surface area contributed by atoms with Crippen LogP contribution in [0.5, 0.6) is 23.0 Å². The van der Waals surface area contributed by atoms with Crippen molar-refractivity contribution in [3.8, 4) is 67.5 Å². The molecule has 9 aromatic rings. The van der Waals surface area contributed by atoms with E-state index < -0.39 is 62.2 Å². The number of ether oxygens (including phenoxy) is 10. The van der Waals surface area contributed by atoms with Crippen LogP contribution in [-0.4, -0.2) is 125 Å². The molecule has 442 valence electrons. The molecule has 11 rings (SSSR count). The van der Waals surface area contributed by atoms with Crippen LogP contribution in [0.4, 0.5) is 0 Å². The molecule has 0 atom stereocenters. The Hall–Kier alpha value is -11.1. The van der Waals surface area contributed by atoms with Crippen LogP contribution in [0, 0.1) is 0 Å². The predicted octanol–water partition coefficient (Wildman–Crippen LogP) is 9.46. The van der Waals surface area contributed by atoms with Crippen molar-refractivity contribution in [3.63, 3.8) is 0 Å². The molecular weight excluding hydrogens is 1200 g/mol. The maximum Gasteiger partial charge on any atom is 2.00 e. The maximum absolute atomic E-state index is 13.5. The fraction of sp³-hybridized carbons (Fsp3) is 0.152. The van der Waals surface area contributed by atoms with Gasteiger partial charge >= 0.3 is 55.3 Å². The molecule has 0 fully saturated rings. The van der Waals surface area contributed by atoms with Gasteiger partial charge < -0.3 is 57.3 Å². The summed E-state index contributed by atoms with van der Waals surface area (Å²) in [5, 5.41) is 1.56. The number of aromatic nitrogens is 6. The van der Waals surface area contributed by atoms with E-state index >= 15 is 0 Å². The minimum Gasteiger partial charge on any atom is -0.657 e. The van der Waals surface area contributed by atoms with E-state index in [1.54, 1.807) is 61.0 Å². The molecule has 0 saturated heterocycles. The zero-order chi connectivity index (χ0) is 61.6. The van der Waals surface area contributed by atoms with Crippen molar-refractivity contribution in [2.75, 3.05) is 69.1 Å². The van der Waals surface area contributed by atoms with Crippen LogP contribution < -0.4 is 28.9 Å². The van der Waals surface area contributed by atoms with Gasteiger partial charge in [0.2, 0.25) is 0 Å². The molecule has 0 aliphatic carbocycles. The van der Waals surface area contributed by atoms with Gasteiger partial charge in [-0.25, -0.2) is 38.7 Å². The Morgan fingerprint density at radius 3 is 0.989 bits per heavy atom. The summed E-state index contributed by atoms with van der Waals surface area (Å²) in [6, 6.07) is 31.3. The number of benzene rings is 4. The Bertz CT molecular complexity index is 4210. The number of esters is 6. The van der Waals surface area contributed by atoms with Crippen LogP contribution in [0.2, 0.25) is 0 Å². The summed E-state index contributed by atoms with van der Waals surface area (Å²) in [5.74, 6) is -5.02. The van der Waals surface area contributed by atoms with E-state index in [4.69, 9.17) is 77.3 Å². The second-order valence-corrected chi connectivity index (χ2v) is 19.3. The summed E-state index contributed by atoms with van der Waals surface area (Å²) in [4.78, 5) is 110. The van der Waals surface area contributed by atoms with E-state index in [1.807, 2.05) is 60.7 Å². The molecule has 0 saturated carbocycles. The number of hydrogen-bond donors (Lipinski definition) is 0. The quantitative estimate of drug-likeness (QED) is 0.0439. The van der Waals surface area contributed by atoms with E-state index in [1.165, 1.54) is 66.9 Å². The fourth-order valence-electron chi connectivity index (χ4n) is 10.1. The molecule has 7 heterocycles. The number of pyridine rings is 2. The van der Waals surface area contributed by atoms with E-state index in [0.717, 1.165) is 10.8 Å². The number of hydrogen-bond acceptors (Lipinski definition) is 20. The van der Waals surface area contributed by atoms with E-state index in [2.05, 4.69) is 0 Å². The van der Waals surface area contributed by atoms with Crippen LogP contribution in [-0.2, 0) is 67.1 Å². The van der Waals surface area contributed by atoms with Gasteiger partial charge in [0.05, 0.1) is 98.7 Å². The van der Waals surface area contributed by atoms with Gasteiger partial charge in [-0.15, -0.1) is 22.1 Å². The summed E-state index contributed by atoms with van der Waals surface area (Å²) in [6.45, 7) is -2.57. The predicted molar refractivity (Wildman–Crippen MR) is 322 cm³/mol. The van der Waals surface area contributed by atoms with Gasteiger partial charge in [-0.1, -0.05) is 72.8 Å². The molecular formula is C66H50N6O16Zn. The van der Waals surface area contributed by atoms with Gasteiger partial charge in [-0.05, 0) is 71.8 Å². The maximum atomic E-state index is 13.5. The van der Waals surface area contributed by atoms with Gasteiger partial charge in [-0.2, -0.15) is 0 Å². The van der Waals surface area contributed by atoms with Crippen LogP contribution in [0.25, 0.3) is 113 Å². The van der Waals surface area contributed by atoms with Gasteiger partial charge in [0.15, 0.2) is 26.4 Å². The Morgan fingerprint density at radius 1 is 0.371 bits per heavy atom. The topological polar surface area (TPSA) is 274 Å². The summed E-state index contributed by atoms with van der Waals surface area (Å²) in [6.07, 6.45) is 10.3. The molecule has 4 aromatic carbocycles. The molecule has 89 heavy (non-hydrogen) atoms. The number of carbonyl (C=O) groups is 6. The van der Waals surface area contributed by atoms with Crippen LogP contribution in [0.15, 0.2) is 122 Å². The van der Waals surface area contributed by atoms with Crippen molar-refractivity contribution in [1.29, 1.82) is 0 Å². The summed E-state index contributed by atoms with van der Waals surface area (Å²) >= 11 is 0. The number of carbonyl (C=O) groups excluding carboxylic acids is 6. The average Bonchev–Trinajstić information content (AvgIpc) is 1.76. The molecule has 0 spiro atoms. The number of para-hydroxylation sites is 2. The minimum atomic E-state index is -0.801. The Kier molecular flexibility index (Phi) is 18.3. The molecule has 0 N–H and O–H groups in total. The summed E-state index contributed by atoms with van der Waals surface area (Å²) in [7, 11) is 7.16. The zero-order valence-electron chi connectivity index (χ0n) is 48.6. The average molecular weight is 1250 g/mol. The molecule has 5 aromatic heterocycles. The smallest absolute Gasteiger partial charge is 0.657 e. The monoisotopic (exact) mass is 1250 g/mol. The second kappa shape index (κ2) is 26.7. The first-order valence-electron chi connectivity index (χ1n) is 26.9. The van der Waals surface area contributed by atoms with Crippen LogP contribution in [0.3, 0.4) is 0 Å². The molecule has 0 amide bonds. The van der Waals surface area contributed by atoms with Gasteiger partial charge in [0.25, 0.3) is 0 Å². The molecule has 22 nitrogen and oxygen atoms in total. The Morgan fingerprint density at radius 2 is 0.674 bits per heavy atom. The third-order valence-electron chi connectivity index (χ3n) is 14.2. The van der Waals surface area contributed by atoms with Gasteiger partial charge in [-0.3, -0.25) is 9.97 Å². The third-order valence-corrected chi connectivity index (χ3v) is 14.2. The molecule has 8 bridgehead atoms. The SMILES string of the molecule is COC(=O)COc1cc(C(=O)OC)cc(OCC(=O)OC)c1-c1c2nc(c(-c3cccc4cccnc34)c3ccc([n-]3)c(-c3c(OCC(=O)OC)cc(C(=O)OC)cc3OCC(=O)OC)c3nc(c(-c4cccc5cccnc45)c4ccc1[n-]4)C=C3)C=C2.[Zn+2]. The summed E-state index contributed by atoms with van der Waals surface area (Å²) < 4.78 is 55.3.